The van der Waals surface area contributed by atoms with Crippen molar-refractivity contribution in [3.05, 3.63) is 41.3 Å². The Bertz CT molecular complexity index is 678. The third kappa shape index (κ3) is 2.54. The molecule has 1 saturated carbocycles. The van der Waals surface area contributed by atoms with Crippen LogP contribution in [0.25, 0.3) is 0 Å². The molecule has 21 heavy (non-hydrogen) atoms. The lowest BCUT2D eigenvalue weighted by Crippen LogP contribution is -2.44. The van der Waals surface area contributed by atoms with Crippen LogP contribution in [-0.2, 0) is 17.8 Å². The molecule has 2 aromatic rings. The molecule has 1 aliphatic heterocycles. The molecule has 6 heteroatoms. The van der Waals surface area contributed by atoms with E-state index in [1.807, 2.05) is 12.1 Å². The minimum absolute atomic E-state index is 0.129. The van der Waals surface area contributed by atoms with Gasteiger partial charge in [0.1, 0.15) is 0 Å². The van der Waals surface area contributed by atoms with Gasteiger partial charge in [-0.25, -0.2) is 0 Å². The topological polar surface area (TPSA) is 80.1 Å². The summed E-state index contributed by atoms with van der Waals surface area (Å²) in [4.78, 5) is 12.3. The van der Waals surface area contributed by atoms with Crippen molar-refractivity contribution in [2.75, 3.05) is 5.32 Å². The Labute approximate surface area is 121 Å². The van der Waals surface area contributed by atoms with Crippen molar-refractivity contribution in [3.8, 4) is 0 Å². The van der Waals surface area contributed by atoms with E-state index >= 15 is 0 Å². The van der Waals surface area contributed by atoms with Gasteiger partial charge in [0.2, 0.25) is 11.8 Å². The number of nitrogens with one attached hydrogen (secondary N) is 2. The molecule has 2 aliphatic rings. The SMILES string of the molecule is O=C(Nc1nnc(C2CC2)o1)C1Cc2ccccc2CN1. The summed E-state index contributed by atoms with van der Waals surface area (Å²) in [5, 5.41) is 13.8. The molecule has 0 saturated heterocycles. The molecule has 1 atom stereocenters. The summed E-state index contributed by atoms with van der Waals surface area (Å²) < 4.78 is 5.46. The number of carbonyl (C=O) groups excluding carboxylic acids is 1. The molecule has 108 valence electrons. The van der Waals surface area contributed by atoms with Gasteiger partial charge in [0.15, 0.2) is 0 Å². The fraction of sp³-hybridized carbons (Fsp3) is 0.400. The number of fused-ring (bicyclic) bond motifs is 1. The summed E-state index contributed by atoms with van der Waals surface area (Å²) in [6, 6.07) is 8.08. The Kier molecular flexibility index (Phi) is 2.96. The number of benzene rings is 1. The Morgan fingerprint density at radius 1 is 1.24 bits per heavy atom. The van der Waals surface area contributed by atoms with Crippen LogP contribution in [0.3, 0.4) is 0 Å². The number of aromatic nitrogens is 2. The number of carbonyl (C=O) groups is 1. The van der Waals surface area contributed by atoms with Gasteiger partial charge in [0, 0.05) is 12.5 Å². The first-order chi connectivity index (χ1) is 10.3. The highest BCUT2D eigenvalue weighted by Gasteiger charge is 2.30. The maximum Gasteiger partial charge on any atom is 0.322 e. The molecule has 0 radical (unpaired) electrons. The van der Waals surface area contributed by atoms with E-state index in [1.54, 1.807) is 0 Å². The van der Waals surface area contributed by atoms with Gasteiger partial charge in [-0.1, -0.05) is 29.4 Å². The zero-order valence-electron chi connectivity index (χ0n) is 11.5. The Morgan fingerprint density at radius 2 is 2.05 bits per heavy atom. The van der Waals surface area contributed by atoms with Crippen molar-refractivity contribution < 1.29 is 9.21 Å². The summed E-state index contributed by atoms with van der Waals surface area (Å²) in [7, 11) is 0. The maximum absolute atomic E-state index is 12.3. The van der Waals surface area contributed by atoms with Crippen LogP contribution in [0.2, 0.25) is 0 Å². The Hall–Kier alpha value is -2.21. The van der Waals surface area contributed by atoms with Crippen molar-refractivity contribution in [3.63, 3.8) is 0 Å². The van der Waals surface area contributed by atoms with Crippen molar-refractivity contribution in [2.24, 2.45) is 0 Å². The van der Waals surface area contributed by atoms with Crippen molar-refractivity contribution in [1.82, 2.24) is 15.5 Å². The predicted octanol–water partition coefficient (Wildman–Crippen LogP) is 1.60. The number of hydrogen-bond donors (Lipinski definition) is 2. The van der Waals surface area contributed by atoms with Gasteiger partial charge in [0.25, 0.3) is 0 Å². The van der Waals surface area contributed by atoms with Gasteiger partial charge in [-0.2, -0.15) is 0 Å². The van der Waals surface area contributed by atoms with Gasteiger partial charge < -0.3 is 9.73 Å². The van der Waals surface area contributed by atoms with Gasteiger partial charge in [0.05, 0.1) is 6.04 Å². The van der Waals surface area contributed by atoms with Crippen LogP contribution in [0, 0.1) is 0 Å². The predicted molar refractivity (Wildman–Crippen MR) is 75.7 cm³/mol. The number of nitrogens with zero attached hydrogens (tertiary/aromatic N) is 2. The van der Waals surface area contributed by atoms with Gasteiger partial charge >= 0.3 is 6.01 Å². The summed E-state index contributed by atoms with van der Waals surface area (Å²) >= 11 is 0. The number of amides is 1. The molecule has 1 aliphatic carbocycles. The van der Waals surface area contributed by atoms with Crippen molar-refractivity contribution in [1.29, 1.82) is 0 Å². The summed E-state index contributed by atoms with van der Waals surface area (Å²) in [6.07, 6.45) is 2.86. The van der Waals surface area contributed by atoms with Crippen molar-refractivity contribution in [2.45, 2.75) is 37.8 Å². The average Bonchev–Trinajstić information content (AvgIpc) is 3.27. The molecule has 0 spiro atoms. The van der Waals surface area contributed by atoms with E-state index < -0.39 is 0 Å². The standard InChI is InChI=1S/C15H16N4O2/c20-13(17-15-19-18-14(21-15)9-5-6-9)12-7-10-3-1-2-4-11(10)8-16-12/h1-4,9,12,16H,5-8H2,(H,17,19,20). The average molecular weight is 284 g/mol. The molecular formula is C15H16N4O2. The third-order valence-electron chi connectivity index (χ3n) is 4.00. The Morgan fingerprint density at radius 3 is 2.86 bits per heavy atom. The molecule has 1 aromatic carbocycles. The first-order valence-corrected chi connectivity index (χ1v) is 7.24. The molecule has 1 fully saturated rings. The van der Waals surface area contributed by atoms with Crippen LogP contribution in [0.1, 0.15) is 35.8 Å². The van der Waals surface area contributed by atoms with Crippen LogP contribution >= 0.6 is 0 Å². The van der Waals surface area contributed by atoms with Crippen LogP contribution < -0.4 is 10.6 Å². The number of hydrogen-bond acceptors (Lipinski definition) is 5. The lowest BCUT2D eigenvalue weighted by Gasteiger charge is -2.24. The highest BCUT2D eigenvalue weighted by molar-refractivity contribution is 5.93. The van der Waals surface area contributed by atoms with E-state index in [0.29, 0.717) is 24.8 Å². The van der Waals surface area contributed by atoms with E-state index in [1.165, 1.54) is 11.1 Å². The first-order valence-electron chi connectivity index (χ1n) is 7.24. The fourth-order valence-electron chi connectivity index (χ4n) is 2.61. The molecule has 1 aromatic heterocycles. The zero-order chi connectivity index (χ0) is 14.2. The minimum atomic E-state index is -0.267. The highest BCUT2D eigenvalue weighted by Crippen LogP contribution is 2.39. The van der Waals surface area contributed by atoms with E-state index in [9.17, 15) is 4.79 Å². The number of anilines is 1. The third-order valence-corrected chi connectivity index (χ3v) is 4.00. The van der Waals surface area contributed by atoms with E-state index in [-0.39, 0.29) is 18.0 Å². The van der Waals surface area contributed by atoms with Gasteiger partial charge in [-0.15, -0.1) is 5.10 Å². The lowest BCUT2D eigenvalue weighted by molar-refractivity contribution is -0.118. The zero-order valence-corrected chi connectivity index (χ0v) is 11.5. The Balaban J connectivity index is 1.43. The second kappa shape index (κ2) is 4.96. The fourth-order valence-corrected chi connectivity index (χ4v) is 2.61. The molecule has 1 amide bonds. The second-order valence-corrected chi connectivity index (χ2v) is 5.62. The molecule has 4 rings (SSSR count). The van der Waals surface area contributed by atoms with Gasteiger partial charge in [-0.05, 0) is 30.4 Å². The molecule has 1 unspecified atom stereocenters. The van der Waals surface area contributed by atoms with E-state index in [2.05, 4.69) is 33.0 Å². The largest absolute Gasteiger partial charge is 0.408 e. The molecule has 2 heterocycles. The molecule has 6 nitrogen and oxygen atoms in total. The van der Waals surface area contributed by atoms with Crippen LogP contribution in [0.15, 0.2) is 28.7 Å². The highest BCUT2D eigenvalue weighted by atomic mass is 16.4. The summed E-state index contributed by atoms with van der Waals surface area (Å²) in [5.74, 6) is 0.894. The molecule has 0 bridgehead atoms. The molecular weight excluding hydrogens is 268 g/mol. The number of rotatable bonds is 3. The van der Waals surface area contributed by atoms with E-state index in [0.717, 1.165) is 12.8 Å². The first kappa shape index (κ1) is 12.5. The smallest absolute Gasteiger partial charge is 0.322 e. The van der Waals surface area contributed by atoms with Crippen LogP contribution in [-0.4, -0.2) is 22.1 Å². The van der Waals surface area contributed by atoms with Gasteiger partial charge in [-0.3, -0.25) is 10.1 Å². The summed E-state index contributed by atoms with van der Waals surface area (Å²) in [6.45, 7) is 0.700. The van der Waals surface area contributed by atoms with Crippen molar-refractivity contribution >= 4 is 11.9 Å². The van der Waals surface area contributed by atoms with Crippen LogP contribution in [0.5, 0.6) is 0 Å². The van der Waals surface area contributed by atoms with Crippen LogP contribution in [0.4, 0.5) is 6.01 Å². The second-order valence-electron chi connectivity index (χ2n) is 5.62. The monoisotopic (exact) mass is 284 g/mol. The quantitative estimate of drug-likeness (QED) is 0.895. The lowest BCUT2D eigenvalue weighted by atomic mass is 9.95. The normalized spacial score (nSPS) is 20.9. The van der Waals surface area contributed by atoms with E-state index in [4.69, 9.17) is 4.42 Å². The summed E-state index contributed by atoms with van der Waals surface area (Å²) in [5.41, 5.74) is 2.45. The molecule has 2 N–H and O–H groups in total. The minimum Gasteiger partial charge on any atom is -0.408 e. The maximum atomic E-state index is 12.3.